The van der Waals surface area contributed by atoms with Gasteiger partial charge in [0.25, 0.3) is 0 Å². The van der Waals surface area contributed by atoms with Gasteiger partial charge >= 0.3 is 0 Å². The Labute approximate surface area is 128 Å². The quantitative estimate of drug-likeness (QED) is 0.875. The van der Waals surface area contributed by atoms with Gasteiger partial charge in [-0.1, -0.05) is 0 Å². The van der Waals surface area contributed by atoms with Gasteiger partial charge in [-0.05, 0) is 32.9 Å². The minimum atomic E-state index is -0.311. The Balaban J connectivity index is 1.88. The van der Waals surface area contributed by atoms with Crippen LogP contribution in [0.5, 0.6) is 0 Å². The second-order valence-corrected chi connectivity index (χ2v) is 6.44. The molecule has 0 saturated carbocycles. The lowest BCUT2D eigenvalue weighted by Crippen LogP contribution is -2.44. The molecule has 1 atom stereocenters. The van der Waals surface area contributed by atoms with Crippen molar-refractivity contribution >= 4 is 23.2 Å². The van der Waals surface area contributed by atoms with Crippen molar-refractivity contribution in [3.05, 3.63) is 16.6 Å². The molecule has 21 heavy (non-hydrogen) atoms. The number of hydrogen-bond acceptors (Lipinski definition) is 5. The van der Waals surface area contributed by atoms with Crippen LogP contribution in [-0.2, 0) is 9.59 Å². The van der Waals surface area contributed by atoms with Crippen LogP contribution >= 0.6 is 11.3 Å². The molecule has 0 bridgehead atoms. The summed E-state index contributed by atoms with van der Waals surface area (Å²) in [5.74, 6) is -0.118. The SMILES string of the molecule is C[C@H](c1nccs1)N(C)C(=O)C1CCN(CC(N)=O)CC1. The van der Waals surface area contributed by atoms with Crippen LogP contribution in [0.4, 0.5) is 0 Å². The summed E-state index contributed by atoms with van der Waals surface area (Å²) in [4.78, 5) is 31.5. The summed E-state index contributed by atoms with van der Waals surface area (Å²) < 4.78 is 0. The lowest BCUT2D eigenvalue weighted by molar-refractivity contribution is -0.137. The number of likely N-dealkylation sites (tertiary alicyclic amines) is 1. The second kappa shape index (κ2) is 7.00. The zero-order chi connectivity index (χ0) is 15.4. The van der Waals surface area contributed by atoms with Crippen LogP contribution in [0.2, 0.25) is 0 Å². The fraction of sp³-hybridized carbons (Fsp3) is 0.643. The highest BCUT2D eigenvalue weighted by Crippen LogP contribution is 2.25. The highest BCUT2D eigenvalue weighted by molar-refractivity contribution is 7.09. The zero-order valence-electron chi connectivity index (χ0n) is 12.5. The first-order valence-corrected chi connectivity index (χ1v) is 8.03. The van der Waals surface area contributed by atoms with Gasteiger partial charge in [-0.2, -0.15) is 0 Å². The van der Waals surface area contributed by atoms with E-state index in [1.54, 1.807) is 22.4 Å². The Morgan fingerprint density at radius 2 is 2.19 bits per heavy atom. The third-order valence-corrected chi connectivity index (χ3v) is 5.00. The molecule has 0 spiro atoms. The van der Waals surface area contributed by atoms with E-state index in [0.717, 1.165) is 30.9 Å². The van der Waals surface area contributed by atoms with Crippen LogP contribution < -0.4 is 5.73 Å². The Kier molecular flexibility index (Phi) is 5.30. The van der Waals surface area contributed by atoms with Gasteiger partial charge in [0, 0.05) is 24.5 Å². The molecule has 1 aliphatic heterocycles. The number of piperidine rings is 1. The van der Waals surface area contributed by atoms with E-state index in [1.807, 2.05) is 24.3 Å². The second-order valence-electron chi connectivity index (χ2n) is 5.51. The molecule has 2 amide bonds. The lowest BCUT2D eigenvalue weighted by Gasteiger charge is -2.34. The van der Waals surface area contributed by atoms with Gasteiger partial charge in [0.15, 0.2) is 0 Å². The molecule has 6 nitrogen and oxygen atoms in total. The predicted octanol–water partition coefficient (Wildman–Crippen LogP) is 0.860. The first-order valence-electron chi connectivity index (χ1n) is 7.15. The minimum Gasteiger partial charge on any atom is -0.369 e. The van der Waals surface area contributed by atoms with Gasteiger partial charge in [0.05, 0.1) is 12.6 Å². The maximum atomic E-state index is 12.6. The summed E-state index contributed by atoms with van der Waals surface area (Å²) in [6, 6.07) is 0.00106. The van der Waals surface area contributed by atoms with E-state index in [9.17, 15) is 9.59 Å². The van der Waals surface area contributed by atoms with Crippen molar-refractivity contribution in [2.45, 2.75) is 25.8 Å². The molecule has 2 rings (SSSR count). The lowest BCUT2D eigenvalue weighted by atomic mass is 9.95. The molecule has 1 aromatic heterocycles. The first kappa shape index (κ1) is 15.9. The summed E-state index contributed by atoms with van der Waals surface area (Å²) in [6.45, 7) is 3.78. The normalized spacial score (nSPS) is 18.4. The molecule has 1 saturated heterocycles. The van der Waals surface area contributed by atoms with E-state index in [1.165, 1.54) is 0 Å². The number of thiazole rings is 1. The molecule has 1 fully saturated rings. The van der Waals surface area contributed by atoms with E-state index >= 15 is 0 Å². The molecule has 2 heterocycles. The topological polar surface area (TPSA) is 79.5 Å². The van der Waals surface area contributed by atoms with Crippen molar-refractivity contribution in [2.24, 2.45) is 11.7 Å². The average molecular weight is 310 g/mol. The molecular formula is C14H22N4O2S. The maximum Gasteiger partial charge on any atom is 0.231 e. The summed E-state index contributed by atoms with van der Waals surface area (Å²) in [6.07, 6.45) is 3.32. The first-order chi connectivity index (χ1) is 9.99. The van der Waals surface area contributed by atoms with Crippen molar-refractivity contribution < 1.29 is 9.59 Å². The predicted molar refractivity (Wildman–Crippen MR) is 81.7 cm³/mol. The monoisotopic (exact) mass is 310 g/mol. The van der Waals surface area contributed by atoms with Crippen LogP contribution in [0.3, 0.4) is 0 Å². The third kappa shape index (κ3) is 4.01. The fourth-order valence-corrected chi connectivity index (χ4v) is 3.38. The fourth-order valence-electron chi connectivity index (χ4n) is 2.64. The van der Waals surface area contributed by atoms with Crippen LogP contribution in [0, 0.1) is 5.92 Å². The van der Waals surface area contributed by atoms with E-state index in [-0.39, 0.29) is 30.3 Å². The van der Waals surface area contributed by atoms with Crippen LogP contribution in [0.25, 0.3) is 0 Å². The van der Waals surface area contributed by atoms with Gasteiger partial charge in [-0.3, -0.25) is 14.5 Å². The minimum absolute atomic E-state index is 0.00106. The van der Waals surface area contributed by atoms with Crippen molar-refractivity contribution in [2.75, 3.05) is 26.7 Å². The van der Waals surface area contributed by atoms with Crippen LogP contribution in [0.15, 0.2) is 11.6 Å². The van der Waals surface area contributed by atoms with Crippen LogP contribution in [-0.4, -0.2) is 53.3 Å². The van der Waals surface area contributed by atoms with Gasteiger partial charge in [-0.15, -0.1) is 11.3 Å². The third-order valence-electron chi connectivity index (χ3n) is 4.05. The summed E-state index contributed by atoms with van der Waals surface area (Å²) in [7, 11) is 1.84. The van der Waals surface area contributed by atoms with Crippen molar-refractivity contribution in [1.29, 1.82) is 0 Å². The Hall–Kier alpha value is -1.47. The van der Waals surface area contributed by atoms with Crippen molar-refractivity contribution in [3.8, 4) is 0 Å². The van der Waals surface area contributed by atoms with E-state index in [2.05, 4.69) is 4.98 Å². The molecule has 0 radical (unpaired) electrons. The molecule has 0 unspecified atom stereocenters. The molecule has 1 aromatic rings. The molecule has 2 N–H and O–H groups in total. The molecular weight excluding hydrogens is 288 g/mol. The Morgan fingerprint density at radius 1 is 1.52 bits per heavy atom. The highest BCUT2D eigenvalue weighted by atomic mass is 32.1. The molecule has 0 aromatic carbocycles. The maximum absolute atomic E-state index is 12.6. The number of carbonyl (C=O) groups is 2. The van der Waals surface area contributed by atoms with Gasteiger partial charge in [-0.25, -0.2) is 4.98 Å². The summed E-state index contributed by atoms with van der Waals surface area (Å²) in [5, 5.41) is 2.88. The van der Waals surface area contributed by atoms with Gasteiger partial charge in [0.2, 0.25) is 11.8 Å². The Morgan fingerprint density at radius 3 is 2.71 bits per heavy atom. The van der Waals surface area contributed by atoms with Gasteiger partial charge < -0.3 is 10.6 Å². The number of hydrogen-bond donors (Lipinski definition) is 1. The van der Waals surface area contributed by atoms with Crippen LogP contribution in [0.1, 0.15) is 30.8 Å². The Bertz CT molecular complexity index is 483. The standard InChI is InChI=1S/C14H22N4O2S/c1-10(13-16-5-8-21-13)17(2)14(20)11-3-6-18(7-4-11)9-12(15)19/h5,8,10-11H,3-4,6-7,9H2,1-2H3,(H2,15,19)/t10-/m1/s1. The van der Waals surface area contributed by atoms with Crippen molar-refractivity contribution in [1.82, 2.24) is 14.8 Å². The van der Waals surface area contributed by atoms with E-state index in [0.29, 0.717) is 0 Å². The number of rotatable bonds is 5. The number of amides is 2. The number of nitrogens with two attached hydrogens (primary N) is 1. The average Bonchev–Trinajstić information content (AvgIpc) is 2.99. The summed E-state index contributed by atoms with van der Waals surface area (Å²) >= 11 is 1.57. The zero-order valence-corrected chi connectivity index (χ0v) is 13.3. The van der Waals surface area contributed by atoms with E-state index < -0.39 is 0 Å². The number of aromatic nitrogens is 1. The largest absolute Gasteiger partial charge is 0.369 e. The van der Waals surface area contributed by atoms with E-state index in [4.69, 9.17) is 5.73 Å². The molecule has 0 aliphatic carbocycles. The smallest absolute Gasteiger partial charge is 0.231 e. The highest BCUT2D eigenvalue weighted by Gasteiger charge is 2.30. The molecule has 1 aliphatic rings. The summed E-state index contributed by atoms with van der Waals surface area (Å²) in [5.41, 5.74) is 5.20. The number of nitrogens with zero attached hydrogens (tertiary/aromatic N) is 3. The number of primary amides is 1. The molecule has 7 heteroatoms. The number of carbonyl (C=O) groups excluding carboxylic acids is 2. The van der Waals surface area contributed by atoms with Crippen molar-refractivity contribution in [3.63, 3.8) is 0 Å². The van der Waals surface area contributed by atoms with Gasteiger partial charge in [0.1, 0.15) is 5.01 Å². The molecule has 116 valence electrons.